The standard InChI is InChI=1S/C16H10Cl2N2O/c17-13-5-1-11(2-6-13)3-8-16(21)20-14-7-4-12(10-19)15(18)9-14/h1-9H,(H,20,21). The first kappa shape index (κ1) is 15.1. The Morgan fingerprint density at radius 1 is 1.14 bits per heavy atom. The third-order valence-corrected chi connectivity index (χ3v) is 3.22. The number of carbonyl (C=O) groups excluding carboxylic acids is 1. The van der Waals surface area contributed by atoms with Gasteiger partial charge in [-0.3, -0.25) is 4.79 Å². The second-order valence-electron chi connectivity index (χ2n) is 4.18. The molecule has 104 valence electrons. The molecular weight excluding hydrogens is 307 g/mol. The lowest BCUT2D eigenvalue weighted by Gasteiger charge is -2.03. The molecule has 0 heterocycles. The molecule has 0 aliphatic rings. The van der Waals surface area contributed by atoms with Crippen molar-refractivity contribution in [2.45, 2.75) is 0 Å². The SMILES string of the molecule is N#Cc1ccc(NC(=O)C=Cc2ccc(Cl)cc2)cc1Cl. The predicted octanol–water partition coefficient (Wildman–Crippen LogP) is 4.52. The van der Waals surface area contributed by atoms with Crippen LogP contribution < -0.4 is 5.32 Å². The van der Waals surface area contributed by atoms with Crippen molar-refractivity contribution in [2.24, 2.45) is 0 Å². The minimum absolute atomic E-state index is 0.286. The Bertz CT molecular complexity index is 731. The molecule has 21 heavy (non-hydrogen) atoms. The third-order valence-electron chi connectivity index (χ3n) is 2.65. The summed E-state index contributed by atoms with van der Waals surface area (Å²) in [5.41, 5.74) is 1.77. The fourth-order valence-corrected chi connectivity index (χ4v) is 1.96. The van der Waals surface area contributed by atoms with Crippen LogP contribution in [0.2, 0.25) is 10.0 Å². The van der Waals surface area contributed by atoms with Crippen molar-refractivity contribution in [3.8, 4) is 6.07 Å². The fourth-order valence-electron chi connectivity index (χ4n) is 1.61. The molecule has 0 unspecified atom stereocenters. The van der Waals surface area contributed by atoms with Crippen molar-refractivity contribution >= 4 is 40.9 Å². The second-order valence-corrected chi connectivity index (χ2v) is 5.02. The Balaban J connectivity index is 2.03. The number of amides is 1. The highest BCUT2D eigenvalue weighted by molar-refractivity contribution is 6.32. The number of hydrogen-bond acceptors (Lipinski definition) is 2. The molecular formula is C16H10Cl2N2O. The van der Waals surface area contributed by atoms with Crippen LogP contribution in [0.5, 0.6) is 0 Å². The summed E-state index contributed by atoms with van der Waals surface area (Å²) >= 11 is 11.7. The summed E-state index contributed by atoms with van der Waals surface area (Å²) in [6.45, 7) is 0. The monoisotopic (exact) mass is 316 g/mol. The van der Waals surface area contributed by atoms with Crippen LogP contribution in [0, 0.1) is 11.3 Å². The quantitative estimate of drug-likeness (QED) is 0.846. The van der Waals surface area contributed by atoms with Crippen LogP contribution in [0.4, 0.5) is 5.69 Å². The summed E-state index contributed by atoms with van der Waals surface area (Å²) in [4.78, 5) is 11.8. The van der Waals surface area contributed by atoms with Crippen molar-refractivity contribution in [1.29, 1.82) is 5.26 Å². The van der Waals surface area contributed by atoms with E-state index in [0.717, 1.165) is 5.56 Å². The van der Waals surface area contributed by atoms with Gasteiger partial charge < -0.3 is 5.32 Å². The van der Waals surface area contributed by atoms with Gasteiger partial charge in [0.2, 0.25) is 5.91 Å². The Morgan fingerprint density at radius 2 is 1.86 bits per heavy atom. The fraction of sp³-hybridized carbons (Fsp3) is 0. The van der Waals surface area contributed by atoms with Gasteiger partial charge in [-0.05, 0) is 42.0 Å². The summed E-state index contributed by atoms with van der Waals surface area (Å²) in [6.07, 6.45) is 3.09. The molecule has 0 aromatic heterocycles. The van der Waals surface area contributed by atoms with Gasteiger partial charge in [0.25, 0.3) is 0 Å². The molecule has 5 heteroatoms. The van der Waals surface area contributed by atoms with Crippen molar-refractivity contribution in [2.75, 3.05) is 5.32 Å². The number of carbonyl (C=O) groups is 1. The summed E-state index contributed by atoms with van der Waals surface area (Å²) in [6, 6.07) is 13.8. The molecule has 2 aromatic carbocycles. The molecule has 0 saturated carbocycles. The van der Waals surface area contributed by atoms with E-state index in [4.69, 9.17) is 28.5 Å². The molecule has 2 aromatic rings. The van der Waals surface area contributed by atoms with Crippen LogP contribution in [-0.4, -0.2) is 5.91 Å². The molecule has 2 rings (SSSR count). The smallest absolute Gasteiger partial charge is 0.248 e. The zero-order valence-corrected chi connectivity index (χ0v) is 12.3. The summed E-state index contributed by atoms with van der Waals surface area (Å²) < 4.78 is 0. The zero-order valence-electron chi connectivity index (χ0n) is 10.8. The average molecular weight is 317 g/mol. The molecule has 0 atom stereocenters. The van der Waals surface area contributed by atoms with E-state index in [1.807, 2.05) is 18.2 Å². The van der Waals surface area contributed by atoms with Gasteiger partial charge in [-0.2, -0.15) is 5.26 Å². The molecule has 0 fully saturated rings. The van der Waals surface area contributed by atoms with E-state index in [0.29, 0.717) is 21.3 Å². The van der Waals surface area contributed by atoms with Crippen LogP contribution >= 0.6 is 23.2 Å². The maximum Gasteiger partial charge on any atom is 0.248 e. The maximum absolute atomic E-state index is 11.8. The van der Waals surface area contributed by atoms with Crippen molar-refractivity contribution in [1.82, 2.24) is 0 Å². The second kappa shape index (κ2) is 6.94. The van der Waals surface area contributed by atoms with Crippen LogP contribution in [0.1, 0.15) is 11.1 Å². The lowest BCUT2D eigenvalue weighted by molar-refractivity contribution is -0.111. The van der Waals surface area contributed by atoms with E-state index >= 15 is 0 Å². The minimum Gasteiger partial charge on any atom is -0.322 e. The number of nitrogens with zero attached hydrogens (tertiary/aromatic N) is 1. The van der Waals surface area contributed by atoms with E-state index in [9.17, 15) is 4.79 Å². The van der Waals surface area contributed by atoms with E-state index in [1.54, 1.807) is 30.3 Å². The van der Waals surface area contributed by atoms with Crippen LogP contribution in [-0.2, 0) is 4.79 Å². The minimum atomic E-state index is -0.286. The largest absolute Gasteiger partial charge is 0.322 e. The predicted molar refractivity (Wildman–Crippen MR) is 85.3 cm³/mol. The maximum atomic E-state index is 11.8. The number of nitriles is 1. The average Bonchev–Trinajstić information content (AvgIpc) is 2.47. The highest BCUT2D eigenvalue weighted by atomic mass is 35.5. The number of anilines is 1. The van der Waals surface area contributed by atoms with Gasteiger partial charge in [-0.15, -0.1) is 0 Å². The van der Waals surface area contributed by atoms with Crippen LogP contribution in [0.3, 0.4) is 0 Å². The number of rotatable bonds is 3. The number of nitrogens with one attached hydrogen (secondary N) is 1. The Labute approximate surface area is 132 Å². The van der Waals surface area contributed by atoms with E-state index < -0.39 is 0 Å². The summed E-state index contributed by atoms with van der Waals surface area (Å²) in [5.74, 6) is -0.286. The van der Waals surface area contributed by atoms with Gasteiger partial charge in [-0.1, -0.05) is 35.3 Å². The summed E-state index contributed by atoms with van der Waals surface area (Å²) in [5, 5.41) is 12.4. The zero-order chi connectivity index (χ0) is 15.2. The van der Waals surface area contributed by atoms with Crippen molar-refractivity contribution in [3.63, 3.8) is 0 Å². The van der Waals surface area contributed by atoms with Crippen LogP contribution in [0.25, 0.3) is 6.08 Å². The van der Waals surface area contributed by atoms with Crippen LogP contribution in [0.15, 0.2) is 48.5 Å². The first-order chi connectivity index (χ1) is 10.1. The first-order valence-electron chi connectivity index (χ1n) is 6.03. The van der Waals surface area contributed by atoms with E-state index in [2.05, 4.69) is 5.32 Å². The van der Waals surface area contributed by atoms with Crippen molar-refractivity contribution in [3.05, 3.63) is 69.7 Å². The molecule has 0 radical (unpaired) electrons. The normalized spacial score (nSPS) is 10.3. The Kier molecular flexibility index (Phi) is 4.99. The molecule has 0 saturated heterocycles. The number of halogens is 2. The van der Waals surface area contributed by atoms with Gasteiger partial charge in [0.05, 0.1) is 10.6 Å². The molecule has 0 aliphatic heterocycles. The number of hydrogen-bond donors (Lipinski definition) is 1. The lowest BCUT2D eigenvalue weighted by atomic mass is 10.2. The van der Waals surface area contributed by atoms with E-state index in [1.165, 1.54) is 12.1 Å². The highest BCUT2D eigenvalue weighted by Gasteiger charge is 2.03. The first-order valence-corrected chi connectivity index (χ1v) is 6.78. The summed E-state index contributed by atoms with van der Waals surface area (Å²) in [7, 11) is 0. The van der Waals surface area contributed by atoms with Gasteiger partial charge >= 0.3 is 0 Å². The van der Waals surface area contributed by atoms with Crippen molar-refractivity contribution < 1.29 is 4.79 Å². The number of benzene rings is 2. The highest BCUT2D eigenvalue weighted by Crippen LogP contribution is 2.20. The molecule has 1 amide bonds. The third kappa shape index (κ3) is 4.35. The topological polar surface area (TPSA) is 52.9 Å². The van der Waals surface area contributed by atoms with Gasteiger partial charge in [-0.25, -0.2) is 0 Å². The molecule has 1 N–H and O–H groups in total. The molecule has 0 bridgehead atoms. The van der Waals surface area contributed by atoms with E-state index in [-0.39, 0.29) is 5.91 Å². The molecule has 0 aliphatic carbocycles. The Hall–Kier alpha value is -2.28. The lowest BCUT2D eigenvalue weighted by Crippen LogP contribution is -2.07. The van der Waals surface area contributed by atoms with Gasteiger partial charge in [0.1, 0.15) is 6.07 Å². The molecule has 3 nitrogen and oxygen atoms in total. The van der Waals surface area contributed by atoms with Gasteiger partial charge in [0.15, 0.2) is 0 Å². The Morgan fingerprint density at radius 3 is 2.48 bits per heavy atom. The molecule has 0 spiro atoms. The van der Waals surface area contributed by atoms with Gasteiger partial charge in [0, 0.05) is 16.8 Å².